The van der Waals surface area contributed by atoms with Crippen molar-refractivity contribution in [2.45, 2.75) is 65.9 Å². The van der Waals surface area contributed by atoms with Crippen LogP contribution in [0.1, 0.15) is 68.1 Å². The molecule has 2 rings (SSSR count). The van der Waals surface area contributed by atoms with E-state index in [0.717, 1.165) is 30.5 Å². The van der Waals surface area contributed by atoms with Crippen molar-refractivity contribution in [2.75, 3.05) is 6.61 Å². The van der Waals surface area contributed by atoms with Crippen molar-refractivity contribution in [3.63, 3.8) is 0 Å². The van der Waals surface area contributed by atoms with Gasteiger partial charge in [0, 0.05) is 11.3 Å². The lowest BCUT2D eigenvalue weighted by Crippen LogP contribution is -2.29. The Morgan fingerprint density at radius 2 is 2.04 bits per heavy atom. The third kappa shape index (κ3) is 3.95. The third-order valence-corrected chi connectivity index (χ3v) is 4.49. The largest absolute Gasteiger partial charge is 0.489 e. The zero-order chi connectivity index (χ0) is 17.0. The van der Waals surface area contributed by atoms with Gasteiger partial charge in [0.05, 0.1) is 12.7 Å². The van der Waals surface area contributed by atoms with Gasteiger partial charge in [-0.2, -0.15) is 0 Å². The normalized spacial score (nSPS) is 21.0. The van der Waals surface area contributed by atoms with Crippen LogP contribution in [-0.2, 0) is 11.2 Å². The quantitative estimate of drug-likeness (QED) is 0.844. The van der Waals surface area contributed by atoms with E-state index in [9.17, 15) is 9.59 Å². The fourth-order valence-electron chi connectivity index (χ4n) is 3.33. The minimum Gasteiger partial charge on any atom is -0.489 e. The van der Waals surface area contributed by atoms with E-state index >= 15 is 0 Å². The maximum absolute atomic E-state index is 12.3. The maximum atomic E-state index is 12.3. The Hall–Kier alpha value is -1.78. The van der Waals surface area contributed by atoms with Gasteiger partial charge in [-0.1, -0.05) is 20.3 Å². The van der Waals surface area contributed by atoms with Gasteiger partial charge in [-0.15, -0.1) is 0 Å². The number of rotatable bonds is 5. The highest BCUT2D eigenvalue weighted by molar-refractivity contribution is 5.92. The highest BCUT2D eigenvalue weighted by Crippen LogP contribution is 2.31. The van der Waals surface area contributed by atoms with Gasteiger partial charge in [-0.3, -0.25) is 4.79 Å². The number of H-pyrrole nitrogens is 1. The van der Waals surface area contributed by atoms with Gasteiger partial charge in [-0.25, -0.2) is 4.79 Å². The average Bonchev–Trinajstić information content (AvgIpc) is 2.47. The van der Waals surface area contributed by atoms with Crippen LogP contribution in [0.3, 0.4) is 0 Å². The molecular weight excluding hydrogens is 294 g/mol. The minimum atomic E-state index is -0.609. The predicted octanol–water partition coefficient (Wildman–Crippen LogP) is 3.38. The fraction of sp³-hybridized carbons (Fsp3) is 0.667. The van der Waals surface area contributed by atoms with Gasteiger partial charge in [0.25, 0.3) is 5.56 Å². The first-order valence-corrected chi connectivity index (χ1v) is 8.57. The molecule has 1 aromatic heterocycles. The zero-order valence-electron chi connectivity index (χ0n) is 14.5. The maximum Gasteiger partial charge on any atom is 0.347 e. The summed E-state index contributed by atoms with van der Waals surface area (Å²) in [6.07, 6.45) is 4.98. The van der Waals surface area contributed by atoms with Gasteiger partial charge in [-0.05, 0) is 45.4 Å². The number of nitrogens with one attached hydrogen (secondary N) is 1. The fourth-order valence-corrected chi connectivity index (χ4v) is 3.33. The van der Waals surface area contributed by atoms with Crippen LogP contribution in [0, 0.1) is 12.8 Å². The van der Waals surface area contributed by atoms with E-state index in [2.05, 4.69) is 11.9 Å². The Kier molecular flexibility index (Phi) is 5.85. The molecule has 128 valence electrons. The summed E-state index contributed by atoms with van der Waals surface area (Å²) in [5.41, 5.74) is 1.21. The van der Waals surface area contributed by atoms with E-state index in [4.69, 9.17) is 9.47 Å². The molecule has 5 nitrogen and oxygen atoms in total. The van der Waals surface area contributed by atoms with Crippen molar-refractivity contribution in [3.05, 3.63) is 27.2 Å². The molecule has 0 amide bonds. The Morgan fingerprint density at radius 3 is 2.65 bits per heavy atom. The van der Waals surface area contributed by atoms with Crippen LogP contribution in [0.15, 0.2) is 4.79 Å². The van der Waals surface area contributed by atoms with Crippen molar-refractivity contribution in [1.29, 1.82) is 0 Å². The number of aromatic amines is 1. The van der Waals surface area contributed by atoms with Crippen molar-refractivity contribution in [3.8, 4) is 5.75 Å². The SMILES string of the molecule is CCOC(=O)c1c(OC2CCCC(C)C2)c(CC)c(C)[nH]c1=O. The number of hydrogen-bond acceptors (Lipinski definition) is 4. The van der Waals surface area contributed by atoms with Crippen molar-refractivity contribution in [2.24, 2.45) is 5.92 Å². The molecule has 1 fully saturated rings. The molecule has 1 aromatic rings. The Labute approximate surface area is 137 Å². The lowest BCUT2D eigenvalue weighted by Gasteiger charge is -2.29. The number of carbonyl (C=O) groups excluding carboxylic acids is 1. The Balaban J connectivity index is 2.44. The molecule has 0 saturated heterocycles. The van der Waals surface area contributed by atoms with E-state index < -0.39 is 11.5 Å². The van der Waals surface area contributed by atoms with E-state index in [1.165, 1.54) is 6.42 Å². The smallest absolute Gasteiger partial charge is 0.347 e. The molecule has 1 saturated carbocycles. The number of carbonyl (C=O) groups is 1. The van der Waals surface area contributed by atoms with Gasteiger partial charge >= 0.3 is 5.97 Å². The van der Waals surface area contributed by atoms with Crippen molar-refractivity contribution < 1.29 is 14.3 Å². The summed E-state index contributed by atoms with van der Waals surface area (Å²) in [4.78, 5) is 27.3. The molecule has 0 aliphatic heterocycles. The molecule has 0 bridgehead atoms. The van der Waals surface area contributed by atoms with Crippen LogP contribution in [-0.4, -0.2) is 23.7 Å². The number of ether oxygens (including phenoxy) is 2. The molecule has 1 aliphatic carbocycles. The predicted molar refractivity (Wildman–Crippen MR) is 89.2 cm³/mol. The minimum absolute atomic E-state index is 0.00697. The molecule has 2 atom stereocenters. The topological polar surface area (TPSA) is 68.4 Å². The van der Waals surface area contributed by atoms with Crippen LogP contribution >= 0.6 is 0 Å². The molecule has 1 N–H and O–H groups in total. The summed E-state index contributed by atoms with van der Waals surface area (Å²) < 4.78 is 11.2. The molecule has 1 heterocycles. The molecule has 23 heavy (non-hydrogen) atoms. The van der Waals surface area contributed by atoms with Crippen molar-refractivity contribution in [1.82, 2.24) is 4.98 Å². The summed E-state index contributed by atoms with van der Waals surface area (Å²) in [6.45, 7) is 8.00. The van der Waals surface area contributed by atoms with E-state index in [1.54, 1.807) is 6.92 Å². The molecule has 0 spiro atoms. The lowest BCUT2D eigenvalue weighted by molar-refractivity contribution is 0.0511. The lowest BCUT2D eigenvalue weighted by atomic mass is 9.88. The third-order valence-electron chi connectivity index (χ3n) is 4.49. The molecular formula is C18H27NO4. The Morgan fingerprint density at radius 1 is 1.30 bits per heavy atom. The first-order chi connectivity index (χ1) is 11.0. The van der Waals surface area contributed by atoms with Crippen LogP contribution < -0.4 is 10.3 Å². The van der Waals surface area contributed by atoms with E-state index in [0.29, 0.717) is 18.1 Å². The molecule has 2 unspecified atom stereocenters. The van der Waals surface area contributed by atoms with E-state index in [1.807, 2.05) is 13.8 Å². The summed E-state index contributed by atoms with van der Waals surface area (Å²) in [7, 11) is 0. The second-order valence-electron chi connectivity index (χ2n) is 6.35. The first-order valence-electron chi connectivity index (χ1n) is 8.57. The monoisotopic (exact) mass is 321 g/mol. The number of aryl methyl sites for hydroxylation is 1. The number of pyridine rings is 1. The zero-order valence-corrected chi connectivity index (χ0v) is 14.5. The molecule has 0 radical (unpaired) electrons. The second-order valence-corrected chi connectivity index (χ2v) is 6.35. The van der Waals surface area contributed by atoms with Crippen LogP contribution in [0.5, 0.6) is 5.75 Å². The summed E-state index contributed by atoms with van der Waals surface area (Å²) in [5, 5.41) is 0. The summed E-state index contributed by atoms with van der Waals surface area (Å²) >= 11 is 0. The van der Waals surface area contributed by atoms with E-state index in [-0.39, 0.29) is 18.3 Å². The molecule has 5 heteroatoms. The van der Waals surface area contributed by atoms with Gasteiger partial charge in [0.1, 0.15) is 5.75 Å². The number of hydrogen-bond donors (Lipinski definition) is 1. The summed E-state index contributed by atoms with van der Waals surface area (Å²) in [6, 6.07) is 0. The van der Waals surface area contributed by atoms with Crippen LogP contribution in [0.2, 0.25) is 0 Å². The second kappa shape index (κ2) is 7.66. The number of esters is 1. The summed E-state index contributed by atoms with van der Waals surface area (Å²) in [5.74, 6) is 0.418. The van der Waals surface area contributed by atoms with Gasteiger partial charge < -0.3 is 14.5 Å². The average molecular weight is 321 g/mol. The van der Waals surface area contributed by atoms with Gasteiger partial charge in [0.2, 0.25) is 0 Å². The highest BCUT2D eigenvalue weighted by atomic mass is 16.5. The standard InChI is InChI=1S/C18H27NO4/c1-5-14-12(4)19-17(20)15(18(21)22-6-2)16(14)23-13-9-7-8-11(3)10-13/h11,13H,5-10H2,1-4H3,(H,19,20). The van der Waals surface area contributed by atoms with Crippen molar-refractivity contribution >= 4 is 5.97 Å². The Bertz CT molecular complexity index is 620. The first kappa shape index (κ1) is 17.6. The number of aromatic nitrogens is 1. The molecule has 0 aromatic carbocycles. The van der Waals surface area contributed by atoms with Crippen LogP contribution in [0.4, 0.5) is 0 Å². The highest BCUT2D eigenvalue weighted by Gasteiger charge is 2.27. The van der Waals surface area contributed by atoms with Crippen LogP contribution in [0.25, 0.3) is 0 Å². The molecule has 1 aliphatic rings. The van der Waals surface area contributed by atoms with Gasteiger partial charge in [0.15, 0.2) is 5.56 Å².